The second-order valence-electron chi connectivity index (χ2n) is 3.98. The molecule has 0 fully saturated rings. The van der Waals surface area contributed by atoms with Crippen molar-refractivity contribution in [1.82, 2.24) is 10.2 Å². The Labute approximate surface area is 110 Å². The summed E-state index contributed by atoms with van der Waals surface area (Å²) in [5, 5.41) is 7.09. The maximum Gasteiger partial charge on any atom is 0.261 e. The standard InChI is InChI=1S/C12H13ClN4O/c1-7-9(6-15-16-7)12(18)17(2)11-5-8(13)3-4-10(11)14/h3-6H,14H2,1-2H3,(H,15,16). The summed E-state index contributed by atoms with van der Waals surface area (Å²) in [4.78, 5) is 13.7. The lowest BCUT2D eigenvalue weighted by molar-refractivity contribution is 0.0992. The van der Waals surface area contributed by atoms with Gasteiger partial charge in [0.05, 0.1) is 23.1 Å². The van der Waals surface area contributed by atoms with E-state index in [1.807, 2.05) is 0 Å². The fourth-order valence-electron chi connectivity index (χ4n) is 1.66. The molecule has 94 valence electrons. The third-order valence-corrected chi connectivity index (χ3v) is 2.95. The molecule has 0 aliphatic heterocycles. The van der Waals surface area contributed by atoms with Crippen LogP contribution in [-0.2, 0) is 0 Å². The first-order valence-corrected chi connectivity index (χ1v) is 5.71. The summed E-state index contributed by atoms with van der Waals surface area (Å²) < 4.78 is 0. The number of carbonyl (C=O) groups is 1. The minimum atomic E-state index is -0.185. The van der Waals surface area contributed by atoms with Crippen LogP contribution in [0.5, 0.6) is 0 Å². The highest BCUT2D eigenvalue weighted by molar-refractivity contribution is 6.31. The largest absolute Gasteiger partial charge is 0.397 e. The summed E-state index contributed by atoms with van der Waals surface area (Å²) in [7, 11) is 1.65. The molecule has 0 atom stereocenters. The molecule has 6 heteroatoms. The van der Waals surface area contributed by atoms with Crippen molar-refractivity contribution in [3.8, 4) is 0 Å². The van der Waals surface area contributed by atoms with E-state index < -0.39 is 0 Å². The number of rotatable bonds is 2. The van der Waals surface area contributed by atoms with Crippen LogP contribution in [0.1, 0.15) is 16.1 Å². The van der Waals surface area contributed by atoms with Gasteiger partial charge in [0, 0.05) is 17.8 Å². The van der Waals surface area contributed by atoms with Crippen LogP contribution in [0.2, 0.25) is 5.02 Å². The average Bonchev–Trinajstić information content (AvgIpc) is 2.77. The second kappa shape index (κ2) is 4.70. The lowest BCUT2D eigenvalue weighted by Crippen LogP contribution is -2.27. The number of nitrogens with two attached hydrogens (primary N) is 1. The van der Waals surface area contributed by atoms with Crippen LogP contribution in [0.25, 0.3) is 0 Å². The number of nitrogens with zero attached hydrogens (tertiary/aromatic N) is 2. The molecule has 1 aromatic carbocycles. The molecule has 3 N–H and O–H groups in total. The second-order valence-corrected chi connectivity index (χ2v) is 4.41. The summed E-state index contributed by atoms with van der Waals surface area (Å²) in [6.07, 6.45) is 1.49. The number of hydrogen-bond acceptors (Lipinski definition) is 3. The van der Waals surface area contributed by atoms with Crippen LogP contribution < -0.4 is 10.6 Å². The first-order valence-electron chi connectivity index (χ1n) is 5.33. The monoisotopic (exact) mass is 264 g/mol. The Morgan fingerprint density at radius 1 is 1.50 bits per heavy atom. The lowest BCUT2D eigenvalue weighted by Gasteiger charge is -2.19. The van der Waals surface area contributed by atoms with Gasteiger partial charge in [0.1, 0.15) is 0 Å². The zero-order valence-corrected chi connectivity index (χ0v) is 10.8. The van der Waals surface area contributed by atoms with Gasteiger partial charge in [-0.05, 0) is 25.1 Å². The number of nitrogens with one attached hydrogen (secondary N) is 1. The molecule has 0 aliphatic carbocycles. The Morgan fingerprint density at radius 3 is 2.83 bits per heavy atom. The van der Waals surface area contributed by atoms with Crippen molar-refractivity contribution in [3.05, 3.63) is 40.7 Å². The van der Waals surface area contributed by atoms with Gasteiger partial charge >= 0.3 is 0 Å². The quantitative estimate of drug-likeness (QED) is 0.817. The molecule has 2 aromatic rings. The van der Waals surface area contributed by atoms with Crippen molar-refractivity contribution >= 4 is 28.9 Å². The number of aromatic amines is 1. The molecular weight excluding hydrogens is 252 g/mol. The van der Waals surface area contributed by atoms with E-state index >= 15 is 0 Å². The number of aromatic nitrogens is 2. The minimum absolute atomic E-state index is 0.185. The predicted molar refractivity (Wildman–Crippen MR) is 71.9 cm³/mol. The van der Waals surface area contributed by atoms with Crippen molar-refractivity contribution in [2.24, 2.45) is 0 Å². The van der Waals surface area contributed by atoms with Crippen molar-refractivity contribution in [2.75, 3.05) is 17.7 Å². The van der Waals surface area contributed by atoms with E-state index in [9.17, 15) is 4.79 Å². The molecule has 0 bridgehead atoms. The maximum absolute atomic E-state index is 12.3. The van der Waals surface area contributed by atoms with Crippen LogP contribution in [0.3, 0.4) is 0 Å². The fraction of sp³-hybridized carbons (Fsp3) is 0.167. The van der Waals surface area contributed by atoms with Crippen LogP contribution in [-0.4, -0.2) is 23.2 Å². The van der Waals surface area contributed by atoms with Crippen molar-refractivity contribution in [3.63, 3.8) is 0 Å². The Morgan fingerprint density at radius 2 is 2.22 bits per heavy atom. The molecule has 5 nitrogen and oxygen atoms in total. The van der Waals surface area contributed by atoms with Gasteiger partial charge in [-0.25, -0.2) is 0 Å². The fourth-order valence-corrected chi connectivity index (χ4v) is 1.83. The van der Waals surface area contributed by atoms with Crippen LogP contribution in [0.15, 0.2) is 24.4 Å². The van der Waals surface area contributed by atoms with E-state index in [1.54, 1.807) is 32.2 Å². The third-order valence-electron chi connectivity index (χ3n) is 2.72. The molecule has 0 spiro atoms. The number of anilines is 2. The molecule has 0 radical (unpaired) electrons. The zero-order chi connectivity index (χ0) is 13.3. The number of H-pyrrole nitrogens is 1. The highest BCUT2D eigenvalue weighted by Crippen LogP contribution is 2.27. The van der Waals surface area contributed by atoms with E-state index in [4.69, 9.17) is 17.3 Å². The third kappa shape index (κ3) is 2.17. The molecule has 0 unspecified atom stereocenters. The van der Waals surface area contributed by atoms with Crippen molar-refractivity contribution in [1.29, 1.82) is 0 Å². The first-order chi connectivity index (χ1) is 8.50. The molecule has 2 rings (SSSR count). The molecule has 0 saturated heterocycles. The van der Waals surface area contributed by atoms with E-state index in [0.717, 1.165) is 0 Å². The first kappa shape index (κ1) is 12.4. The molecule has 1 heterocycles. The van der Waals surface area contributed by atoms with Crippen molar-refractivity contribution in [2.45, 2.75) is 6.92 Å². The normalized spacial score (nSPS) is 10.4. The van der Waals surface area contributed by atoms with E-state index in [0.29, 0.717) is 27.7 Å². The number of halogens is 1. The highest BCUT2D eigenvalue weighted by Gasteiger charge is 2.18. The minimum Gasteiger partial charge on any atom is -0.397 e. The molecule has 0 aliphatic rings. The Bertz CT molecular complexity index is 594. The number of aryl methyl sites for hydroxylation is 1. The molecule has 1 amide bonds. The van der Waals surface area contributed by atoms with Crippen LogP contribution in [0, 0.1) is 6.92 Å². The molecule has 18 heavy (non-hydrogen) atoms. The van der Waals surface area contributed by atoms with Gasteiger partial charge in [0.15, 0.2) is 0 Å². The summed E-state index contributed by atoms with van der Waals surface area (Å²) >= 11 is 5.91. The van der Waals surface area contributed by atoms with E-state index in [-0.39, 0.29) is 5.91 Å². The number of carbonyl (C=O) groups excluding carboxylic acids is 1. The topological polar surface area (TPSA) is 75.0 Å². The van der Waals surface area contributed by atoms with Gasteiger partial charge in [0.2, 0.25) is 0 Å². The lowest BCUT2D eigenvalue weighted by atomic mass is 10.2. The molecule has 0 saturated carbocycles. The summed E-state index contributed by atoms with van der Waals surface area (Å²) in [6, 6.07) is 5.01. The van der Waals surface area contributed by atoms with Crippen molar-refractivity contribution < 1.29 is 4.79 Å². The number of nitrogen functional groups attached to an aromatic ring is 1. The van der Waals surface area contributed by atoms with Gasteiger partial charge in [-0.2, -0.15) is 5.10 Å². The number of benzene rings is 1. The van der Waals surface area contributed by atoms with Crippen LogP contribution >= 0.6 is 11.6 Å². The Hall–Kier alpha value is -2.01. The van der Waals surface area contributed by atoms with Crippen LogP contribution in [0.4, 0.5) is 11.4 Å². The summed E-state index contributed by atoms with van der Waals surface area (Å²) in [5.41, 5.74) is 8.14. The molecule has 1 aromatic heterocycles. The SMILES string of the molecule is Cc1[nH]ncc1C(=O)N(C)c1cc(Cl)ccc1N. The number of hydrogen-bond donors (Lipinski definition) is 2. The van der Waals surface area contributed by atoms with E-state index in [1.165, 1.54) is 11.1 Å². The van der Waals surface area contributed by atoms with Gasteiger partial charge in [-0.1, -0.05) is 11.6 Å². The summed E-state index contributed by atoms with van der Waals surface area (Å²) in [5.74, 6) is -0.185. The van der Waals surface area contributed by atoms with Gasteiger partial charge < -0.3 is 10.6 Å². The van der Waals surface area contributed by atoms with Gasteiger partial charge in [-0.15, -0.1) is 0 Å². The zero-order valence-electron chi connectivity index (χ0n) is 10.1. The van der Waals surface area contributed by atoms with Gasteiger partial charge in [-0.3, -0.25) is 9.89 Å². The predicted octanol–water partition coefficient (Wildman–Crippen LogP) is 2.23. The van der Waals surface area contributed by atoms with Gasteiger partial charge in [0.25, 0.3) is 5.91 Å². The smallest absolute Gasteiger partial charge is 0.261 e. The maximum atomic E-state index is 12.3. The summed E-state index contributed by atoms with van der Waals surface area (Å²) in [6.45, 7) is 1.79. The highest BCUT2D eigenvalue weighted by atomic mass is 35.5. The molecular formula is C12H13ClN4O. The Kier molecular flexibility index (Phi) is 3.25. The number of amides is 1. The average molecular weight is 265 g/mol. The Balaban J connectivity index is 2.37. The van der Waals surface area contributed by atoms with E-state index in [2.05, 4.69) is 10.2 Å².